The molecule has 1 fully saturated rings. The molecule has 1 atom stereocenters. The van der Waals surface area contributed by atoms with E-state index in [1.165, 1.54) is 0 Å². The van der Waals surface area contributed by atoms with Crippen LogP contribution >= 0.6 is 24.8 Å². The van der Waals surface area contributed by atoms with E-state index in [9.17, 15) is 4.79 Å². The van der Waals surface area contributed by atoms with E-state index in [2.05, 4.69) is 17.3 Å². The third-order valence-corrected chi connectivity index (χ3v) is 3.21. The van der Waals surface area contributed by atoms with Crippen LogP contribution in [0, 0.1) is 0 Å². The first-order valence-corrected chi connectivity index (χ1v) is 6.14. The molecular formula is C12H22Cl2N4O. The Hall–Kier alpha value is -0.780. The van der Waals surface area contributed by atoms with Gasteiger partial charge in [-0.2, -0.15) is 5.10 Å². The summed E-state index contributed by atoms with van der Waals surface area (Å²) in [6.07, 6.45) is 5.16. The number of nitrogens with zero attached hydrogens (tertiary/aromatic N) is 3. The van der Waals surface area contributed by atoms with E-state index in [0.717, 1.165) is 31.6 Å². The van der Waals surface area contributed by atoms with Crippen LogP contribution in [0.5, 0.6) is 0 Å². The van der Waals surface area contributed by atoms with Gasteiger partial charge in [-0.05, 0) is 18.9 Å². The average molecular weight is 309 g/mol. The van der Waals surface area contributed by atoms with E-state index in [1.807, 2.05) is 24.3 Å². The average Bonchev–Trinajstić information content (AvgIpc) is 2.73. The van der Waals surface area contributed by atoms with E-state index in [0.29, 0.717) is 12.5 Å². The summed E-state index contributed by atoms with van der Waals surface area (Å²) in [4.78, 5) is 14.0. The Bertz CT molecular complexity index is 397. The van der Waals surface area contributed by atoms with Crippen molar-refractivity contribution in [2.75, 3.05) is 19.6 Å². The Balaban J connectivity index is 0.00000162. The zero-order valence-electron chi connectivity index (χ0n) is 11.3. The molecule has 2 heterocycles. The first kappa shape index (κ1) is 18.2. The van der Waals surface area contributed by atoms with Crippen molar-refractivity contribution in [3.05, 3.63) is 18.0 Å². The minimum atomic E-state index is 0. The molecule has 0 spiro atoms. The van der Waals surface area contributed by atoms with Crippen LogP contribution < -0.4 is 5.32 Å². The smallest absolute Gasteiger partial charge is 0.223 e. The molecule has 110 valence electrons. The topological polar surface area (TPSA) is 50.2 Å². The van der Waals surface area contributed by atoms with Crippen LogP contribution in [-0.2, 0) is 18.3 Å². The largest absolute Gasteiger partial charge is 0.337 e. The minimum absolute atomic E-state index is 0. The molecule has 1 aromatic rings. The van der Waals surface area contributed by atoms with Crippen LogP contribution in [0.3, 0.4) is 0 Å². The number of amides is 1. The number of aromatic nitrogens is 2. The van der Waals surface area contributed by atoms with Crippen molar-refractivity contribution < 1.29 is 4.79 Å². The van der Waals surface area contributed by atoms with Crippen molar-refractivity contribution in [1.29, 1.82) is 0 Å². The van der Waals surface area contributed by atoms with E-state index in [-0.39, 0.29) is 30.7 Å². The molecule has 1 aromatic heterocycles. The Kier molecular flexibility index (Phi) is 8.06. The van der Waals surface area contributed by atoms with Crippen LogP contribution in [-0.4, -0.2) is 46.3 Å². The maximum absolute atomic E-state index is 12.1. The zero-order valence-corrected chi connectivity index (χ0v) is 13.0. The number of carbonyl (C=O) groups excluding carboxylic acids is 1. The lowest BCUT2D eigenvalue weighted by Gasteiger charge is -2.34. The number of hydrogen-bond acceptors (Lipinski definition) is 3. The first-order valence-electron chi connectivity index (χ1n) is 6.14. The molecule has 0 saturated carbocycles. The maximum atomic E-state index is 12.1. The molecule has 19 heavy (non-hydrogen) atoms. The van der Waals surface area contributed by atoms with Crippen molar-refractivity contribution in [1.82, 2.24) is 20.0 Å². The molecule has 0 bridgehead atoms. The van der Waals surface area contributed by atoms with Gasteiger partial charge >= 0.3 is 0 Å². The van der Waals surface area contributed by atoms with Gasteiger partial charge in [-0.1, -0.05) is 0 Å². The molecule has 0 aliphatic carbocycles. The van der Waals surface area contributed by atoms with Crippen LogP contribution in [0.25, 0.3) is 0 Å². The molecule has 7 heteroatoms. The number of aryl methyl sites for hydroxylation is 2. The molecule has 5 nitrogen and oxygen atoms in total. The van der Waals surface area contributed by atoms with Crippen LogP contribution in [0.4, 0.5) is 0 Å². The fourth-order valence-electron chi connectivity index (χ4n) is 2.21. The standard InChI is InChI=1S/C12H20N4O.2ClH/c1-10-7-13-5-6-16(10)12(17)4-3-11-8-14-15(2)9-11;;/h8-10,13H,3-7H2,1-2H3;2*1H/t10-;;/m0../s1. The summed E-state index contributed by atoms with van der Waals surface area (Å²) in [6, 6.07) is 0.310. The van der Waals surface area contributed by atoms with Crippen LogP contribution in [0.15, 0.2) is 12.4 Å². The number of halogens is 2. The Morgan fingerprint density at radius 3 is 2.84 bits per heavy atom. The predicted molar refractivity (Wildman–Crippen MR) is 80.1 cm³/mol. The van der Waals surface area contributed by atoms with E-state index >= 15 is 0 Å². The number of rotatable bonds is 3. The van der Waals surface area contributed by atoms with Gasteiger partial charge in [0, 0.05) is 45.3 Å². The van der Waals surface area contributed by atoms with Crippen molar-refractivity contribution in [2.45, 2.75) is 25.8 Å². The van der Waals surface area contributed by atoms with Gasteiger partial charge in [0.15, 0.2) is 0 Å². The predicted octanol–water partition coefficient (Wildman–Crippen LogP) is 1.02. The second-order valence-electron chi connectivity index (χ2n) is 4.66. The summed E-state index contributed by atoms with van der Waals surface area (Å²) >= 11 is 0. The highest BCUT2D eigenvalue weighted by Gasteiger charge is 2.22. The maximum Gasteiger partial charge on any atom is 0.223 e. The SMILES string of the molecule is C[C@H]1CNCCN1C(=O)CCc1cnn(C)c1.Cl.Cl. The highest BCUT2D eigenvalue weighted by atomic mass is 35.5. The molecule has 0 unspecified atom stereocenters. The van der Waals surface area contributed by atoms with Crippen LogP contribution in [0.2, 0.25) is 0 Å². The van der Waals surface area contributed by atoms with Crippen molar-refractivity contribution in [2.24, 2.45) is 7.05 Å². The lowest BCUT2D eigenvalue weighted by molar-refractivity contribution is -0.133. The fourth-order valence-corrected chi connectivity index (χ4v) is 2.21. The second-order valence-corrected chi connectivity index (χ2v) is 4.66. The molecule has 1 aliphatic rings. The fraction of sp³-hybridized carbons (Fsp3) is 0.667. The van der Waals surface area contributed by atoms with Gasteiger partial charge < -0.3 is 10.2 Å². The lowest BCUT2D eigenvalue weighted by Crippen LogP contribution is -2.52. The summed E-state index contributed by atoms with van der Waals surface area (Å²) < 4.78 is 1.77. The van der Waals surface area contributed by atoms with Crippen molar-refractivity contribution in [3.8, 4) is 0 Å². The summed E-state index contributed by atoms with van der Waals surface area (Å²) in [6.45, 7) is 4.72. The third-order valence-electron chi connectivity index (χ3n) is 3.21. The van der Waals surface area contributed by atoms with Gasteiger partial charge in [0.1, 0.15) is 0 Å². The Labute approximate surface area is 126 Å². The zero-order chi connectivity index (χ0) is 12.3. The Morgan fingerprint density at radius 2 is 2.26 bits per heavy atom. The Morgan fingerprint density at radius 1 is 1.53 bits per heavy atom. The minimum Gasteiger partial charge on any atom is -0.337 e. The quantitative estimate of drug-likeness (QED) is 0.907. The van der Waals surface area contributed by atoms with Gasteiger partial charge in [0.2, 0.25) is 5.91 Å². The number of carbonyl (C=O) groups is 1. The molecule has 1 amide bonds. The normalized spacial score (nSPS) is 18.4. The van der Waals surface area contributed by atoms with E-state index in [1.54, 1.807) is 4.68 Å². The summed E-state index contributed by atoms with van der Waals surface area (Å²) in [5.41, 5.74) is 1.13. The molecule has 1 N–H and O–H groups in total. The van der Waals surface area contributed by atoms with Crippen molar-refractivity contribution in [3.63, 3.8) is 0 Å². The van der Waals surface area contributed by atoms with Gasteiger partial charge in [-0.25, -0.2) is 0 Å². The summed E-state index contributed by atoms with van der Waals surface area (Å²) in [5.74, 6) is 0.253. The monoisotopic (exact) mass is 308 g/mol. The molecule has 0 radical (unpaired) electrons. The molecule has 1 saturated heterocycles. The number of piperazine rings is 1. The van der Waals surface area contributed by atoms with E-state index < -0.39 is 0 Å². The van der Waals surface area contributed by atoms with Crippen molar-refractivity contribution >= 4 is 30.7 Å². The van der Waals surface area contributed by atoms with Gasteiger partial charge in [0.25, 0.3) is 0 Å². The van der Waals surface area contributed by atoms with Gasteiger partial charge in [0.05, 0.1) is 6.20 Å². The molecule has 1 aliphatic heterocycles. The van der Waals surface area contributed by atoms with Gasteiger partial charge in [-0.15, -0.1) is 24.8 Å². The molecule has 2 rings (SSSR count). The second kappa shape index (κ2) is 8.40. The first-order chi connectivity index (χ1) is 8.16. The number of nitrogens with one attached hydrogen (secondary N) is 1. The molecular weight excluding hydrogens is 287 g/mol. The van der Waals surface area contributed by atoms with Gasteiger partial charge in [-0.3, -0.25) is 9.48 Å². The van der Waals surface area contributed by atoms with E-state index in [4.69, 9.17) is 0 Å². The lowest BCUT2D eigenvalue weighted by atomic mass is 10.1. The summed E-state index contributed by atoms with van der Waals surface area (Å²) in [5, 5.41) is 7.39. The number of hydrogen-bond donors (Lipinski definition) is 1. The third kappa shape index (κ3) is 5.01. The highest BCUT2D eigenvalue weighted by molar-refractivity contribution is 5.85. The summed E-state index contributed by atoms with van der Waals surface area (Å²) in [7, 11) is 1.89. The molecule has 0 aromatic carbocycles. The highest BCUT2D eigenvalue weighted by Crippen LogP contribution is 2.08. The van der Waals surface area contributed by atoms with Crippen LogP contribution in [0.1, 0.15) is 18.9 Å².